The van der Waals surface area contributed by atoms with E-state index < -0.39 is 0 Å². The first-order chi connectivity index (χ1) is 12.1. The number of methoxy groups -OCH3 is 1. The van der Waals surface area contributed by atoms with Crippen LogP contribution in [-0.4, -0.2) is 24.9 Å². The molecule has 0 saturated carbocycles. The molecule has 0 aromatic heterocycles. The molecular weight excluding hydrogens is 338 g/mol. The Morgan fingerprint density at radius 1 is 1.12 bits per heavy atom. The van der Waals surface area contributed by atoms with Crippen LogP contribution in [0.2, 0.25) is 0 Å². The SMILES string of the molecule is CCOc1ccc(/C=C2\SC(=O)N(c3ccccc3)C2=O)c(OC)c1. The minimum Gasteiger partial charge on any atom is -0.496 e. The van der Waals surface area contributed by atoms with E-state index in [4.69, 9.17) is 9.47 Å². The van der Waals surface area contributed by atoms with Gasteiger partial charge in [-0.3, -0.25) is 9.59 Å². The molecule has 6 heteroatoms. The Kier molecular flexibility index (Phi) is 5.09. The van der Waals surface area contributed by atoms with Gasteiger partial charge in [0.25, 0.3) is 11.1 Å². The van der Waals surface area contributed by atoms with Crippen LogP contribution in [-0.2, 0) is 4.79 Å². The molecule has 0 bridgehead atoms. The van der Waals surface area contributed by atoms with Crippen LogP contribution in [0, 0.1) is 0 Å². The smallest absolute Gasteiger partial charge is 0.298 e. The summed E-state index contributed by atoms with van der Waals surface area (Å²) in [7, 11) is 1.55. The van der Waals surface area contributed by atoms with Gasteiger partial charge < -0.3 is 9.47 Å². The molecule has 0 unspecified atom stereocenters. The second-order valence-electron chi connectivity index (χ2n) is 5.19. The second kappa shape index (κ2) is 7.44. The van der Waals surface area contributed by atoms with Gasteiger partial charge in [-0.1, -0.05) is 18.2 Å². The van der Waals surface area contributed by atoms with Crippen molar-refractivity contribution in [3.63, 3.8) is 0 Å². The van der Waals surface area contributed by atoms with Crippen LogP contribution >= 0.6 is 11.8 Å². The number of hydrogen-bond acceptors (Lipinski definition) is 5. The lowest BCUT2D eigenvalue weighted by Crippen LogP contribution is -2.27. The van der Waals surface area contributed by atoms with Gasteiger partial charge in [0.05, 0.1) is 24.3 Å². The number of ether oxygens (including phenoxy) is 2. The minimum absolute atomic E-state index is 0.313. The number of rotatable bonds is 5. The zero-order valence-electron chi connectivity index (χ0n) is 13.9. The fourth-order valence-corrected chi connectivity index (χ4v) is 3.31. The van der Waals surface area contributed by atoms with Crippen LogP contribution in [0.5, 0.6) is 11.5 Å². The fourth-order valence-electron chi connectivity index (χ4n) is 2.48. The van der Waals surface area contributed by atoms with Gasteiger partial charge in [0.2, 0.25) is 0 Å². The summed E-state index contributed by atoms with van der Waals surface area (Å²) in [6.07, 6.45) is 1.67. The molecule has 0 spiro atoms. The van der Waals surface area contributed by atoms with E-state index in [0.717, 1.165) is 11.8 Å². The normalized spacial score (nSPS) is 15.8. The summed E-state index contributed by atoms with van der Waals surface area (Å²) in [5.41, 5.74) is 1.27. The van der Waals surface area contributed by atoms with E-state index in [-0.39, 0.29) is 11.1 Å². The standard InChI is InChI=1S/C19H17NO4S/c1-3-24-15-10-9-13(16(12-15)23-2)11-17-18(21)20(19(22)25-17)14-7-5-4-6-8-14/h4-12H,3H2,1-2H3/b17-11-. The van der Waals surface area contributed by atoms with Gasteiger partial charge in [0.15, 0.2) is 0 Å². The van der Waals surface area contributed by atoms with Crippen molar-refractivity contribution in [2.45, 2.75) is 6.92 Å². The van der Waals surface area contributed by atoms with Gasteiger partial charge in [0, 0.05) is 11.6 Å². The van der Waals surface area contributed by atoms with E-state index in [9.17, 15) is 9.59 Å². The Morgan fingerprint density at radius 2 is 1.88 bits per heavy atom. The van der Waals surface area contributed by atoms with Gasteiger partial charge in [0.1, 0.15) is 11.5 Å². The lowest BCUT2D eigenvalue weighted by molar-refractivity contribution is -0.113. The van der Waals surface area contributed by atoms with Crippen LogP contribution in [0.4, 0.5) is 10.5 Å². The minimum atomic E-state index is -0.336. The number of thioether (sulfide) groups is 1. The number of carbonyl (C=O) groups excluding carboxylic acids is 2. The predicted molar refractivity (Wildman–Crippen MR) is 99.1 cm³/mol. The molecule has 1 heterocycles. The summed E-state index contributed by atoms with van der Waals surface area (Å²) in [5, 5.41) is -0.313. The van der Waals surface area contributed by atoms with Crippen LogP contribution in [0.3, 0.4) is 0 Å². The molecule has 128 valence electrons. The monoisotopic (exact) mass is 355 g/mol. The molecule has 0 atom stereocenters. The number of anilines is 1. The van der Waals surface area contributed by atoms with Crippen molar-refractivity contribution in [1.29, 1.82) is 0 Å². The second-order valence-corrected chi connectivity index (χ2v) is 6.18. The van der Waals surface area contributed by atoms with Crippen molar-refractivity contribution in [2.24, 2.45) is 0 Å². The fraction of sp³-hybridized carbons (Fsp3) is 0.158. The van der Waals surface area contributed by atoms with E-state index in [1.807, 2.05) is 13.0 Å². The molecule has 5 nitrogen and oxygen atoms in total. The number of benzene rings is 2. The molecule has 0 aliphatic carbocycles. The van der Waals surface area contributed by atoms with Gasteiger partial charge in [-0.15, -0.1) is 0 Å². The molecule has 1 fully saturated rings. The highest BCUT2D eigenvalue weighted by atomic mass is 32.2. The summed E-state index contributed by atoms with van der Waals surface area (Å²) in [6.45, 7) is 2.46. The van der Waals surface area contributed by atoms with Crippen LogP contribution in [0.1, 0.15) is 12.5 Å². The van der Waals surface area contributed by atoms with Crippen LogP contribution in [0.15, 0.2) is 53.4 Å². The lowest BCUT2D eigenvalue weighted by Gasteiger charge is -2.12. The summed E-state index contributed by atoms with van der Waals surface area (Å²) in [4.78, 5) is 26.4. The summed E-state index contributed by atoms with van der Waals surface area (Å²) in [5.74, 6) is 0.934. The maximum atomic E-state index is 12.6. The molecule has 2 aromatic carbocycles. The Bertz CT molecular complexity index is 833. The highest BCUT2D eigenvalue weighted by molar-refractivity contribution is 8.19. The molecule has 25 heavy (non-hydrogen) atoms. The van der Waals surface area contributed by atoms with Crippen molar-refractivity contribution in [2.75, 3.05) is 18.6 Å². The van der Waals surface area contributed by atoms with Crippen molar-refractivity contribution < 1.29 is 19.1 Å². The van der Waals surface area contributed by atoms with Crippen LogP contribution < -0.4 is 14.4 Å². The molecule has 1 aliphatic heterocycles. The first-order valence-electron chi connectivity index (χ1n) is 7.78. The third kappa shape index (κ3) is 3.53. The molecule has 1 aliphatic rings. The summed E-state index contributed by atoms with van der Waals surface area (Å²) < 4.78 is 10.8. The van der Waals surface area contributed by atoms with Crippen molar-refractivity contribution in [3.05, 3.63) is 59.0 Å². The van der Waals surface area contributed by atoms with E-state index in [1.54, 1.807) is 55.7 Å². The molecule has 2 aromatic rings. The number of nitrogens with zero attached hydrogens (tertiary/aromatic N) is 1. The maximum Gasteiger partial charge on any atom is 0.298 e. The zero-order chi connectivity index (χ0) is 17.8. The number of carbonyl (C=O) groups is 2. The lowest BCUT2D eigenvalue weighted by atomic mass is 10.1. The molecule has 0 radical (unpaired) electrons. The predicted octanol–water partition coefficient (Wildman–Crippen LogP) is 4.33. The Hall–Kier alpha value is -2.73. The quantitative estimate of drug-likeness (QED) is 0.747. The van der Waals surface area contributed by atoms with E-state index in [0.29, 0.717) is 34.3 Å². The topological polar surface area (TPSA) is 55.8 Å². The van der Waals surface area contributed by atoms with E-state index in [2.05, 4.69) is 0 Å². The van der Waals surface area contributed by atoms with Gasteiger partial charge >= 0.3 is 0 Å². The third-order valence-corrected chi connectivity index (χ3v) is 4.48. The van der Waals surface area contributed by atoms with Gasteiger partial charge in [-0.2, -0.15) is 0 Å². The van der Waals surface area contributed by atoms with Crippen molar-refractivity contribution in [1.82, 2.24) is 0 Å². The maximum absolute atomic E-state index is 12.6. The highest BCUT2D eigenvalue weighted by Crippen LogP contribution is 2.37. The summed E-state index contributed by atoms with van der Waals surface area (Å²) in [6, 6.07) is 14.3. The number of hydrogen-bond donors (Lipinski definition) is 0. The number of amides is 2. The van der Waals surface area contributed by atoms with Gasteiger partial charge in [-0.25, -0.2) is 4.90 Å². The van der Waals surface area contributed by atoms with E-state index >= 15 is 0 Å². The Morgan fingerprint density at radius 3 is 2.56 bits per heavy atom. The largest absolute Gasteiger partial charge is 0.496 e. The molecular formula is C19H17NO4S. The number of para-hydroxylation sites is 1. The van der Waals surface area contributed by atoms with Crippen LogP contribution in [0.25, 0.3) is 6.08 Å². The van der Waals surface area contributed by atoms with E-state index in [1.165, 1.54) is 4.90 Å². The van der Waals surface area contributed by atoms with Crippen molar-refractivity contribution in [3.8, 4) is 11.5 Å². The molecule has 0 N–H and O–H groups in total. The molecule has 3 rings (SSSR count). The Balaban J connectivity index is 1.92. The average molecular weight is 355 g/mol. The highest BCUT2D eigenvalue weighted by Gasteiger charge is 2.36. The first-order valence-corrected chi connectivity index (χ1v) is 8.59. The number of imide groups is 1. The molecule has 2 amide bonds. The zero-order valence-corrected chi connectivity index (χ0v) is 14.7. The molecule has 1 saturated heterocycles. The average Bonchev–Trinajstić information content (AvgIpc) is 2.90. The first kappa shape index (κ1) is 17.1. The summed E-state index contributed by atoms with van der Waals surface area (Å²) >= 11 is 0.917. The van der Waals surface area contributed by atoms with Gasteiger partial charge in [-0.05, 0) is 49.0 Å². The van der Waals surface area contributed by atoms with Crippen molar-refractivity contribution >= 4 is 34.7 Å². The Labute approximate surface area is 150 Å². The third-order valence-electron chi connectivity index (χ3n) is 3.61.